The minimum absolute atomic E-state index is 0.282. The molecule has 0 bridgehead atoms. The Morgan fingerprint density at radius 3 is 2.36 bits per heavy atom. The van der Waals surface area contributed by atoms with E-state index in [0.717, 1.165) is 18.2 Å². The van der Waals surface area contributed by atoms with Crippen molar-refractivity contribution in [2.45, 2.75) is 6.18 Å². The van der Waals surface area contributed by atoms with Crippen LogP contribution < -0.4 is 9.80 Å². The number of piperazine rings is 1. The molecule has 1 aliphatic heterocycles. The van der Waals surface area contributed by atoms with Gasteiger partial charge in [0.15, 0.2) is 5.65 Å². The predicted octanol–water partition coefficient (Wildman–Crippen LogP) is 1.26. The van der Waals surface area contributed by atoms with Crippen LogP contribution in [-0.4, -0.2) is 56.0 Å². The number of anilines is 2. The Balaban J connectivity index is 1.48. The van der Waals surface area contributed by atoms with Crippen LogP contribution in [0.15, 0.2) is 30.9 Å². The third-order valence-electron chi connectivity index (χ3n) is 4.02. The van der Waals surface area contributed by atoms with Crippen molar-refractivity contribution < 1.29 is 13.2 Å². The fourth-order valence-corrected chi connectivity index (χ4v) is 2.73. The zero-order valence-electron chi connectivity index (χ0n) is 12.9. The van der Waals surface area contributed by atoms with E-state index in [0.29, 0.717) is 31.8 Å². The van der Waals surface area contributed by atoms with Crippen LogP contribution in [0.4, 0.5) is 24.8 Å². The highest BCUT2D eigenvalue weighted by Gasteiger charge is 2.33. The molecule has 1 fully saturated rings. The summed E-state index contributed by atoms with van der Waals surface area (Å²) in [5.74, 6) is 1.05. The Labute approximate surface area is 139 Å². The number of hydrogen-bond acceptors (Lipinski definition) is 7. The molecule has 1 saturated heterocycles. The van der Waals surface area contributed by atoms with Crippen LogP contribution in [0.1, 0.15) is 5.69 Å². The molecule has 0 aromatic carbocycles. The van der Waals surface area contributed by atoms with Gasteiger partial charge < -0.3 is 9.80 Å². The summed E-state index contributed by atoms with van der Waals surface area (Å²) in [5.41, 5.74) is -0.275. The topological polar surface area (TPSA) is 75.3 Å². The van der Waals surface area contributed by atoms with E-state index in [9.17, 15) is 13.2 Å². The number of hydrogen-bond donors (Lipinski definition) is 0. The highest BCUT2D eigenvalue weighted by Crippen LogP contribution is 2.29. The number of rotatable bonds is 2. The maximum Gasteiger partial charge on any atom is 0.433 e. The van der Waals surface area contributed by atoms with Crippen molar-refractivity contribution in [3.05, 3.63) is 36.5 Å². The van der Waals surface area contributed by atoms with Crippen molar-refractivity contribution in [1.29, 1.82) is 0 Å². The second kappa shape index (κ2) is 5.83. The molecule has 4 rings (SSSR count). The van der Waals surface area contributed by atoms with Crippen LogP contribution in [0.25, 0.3) is 5.65 Å². The van der Waals surface area contributed by atoms with E-state index in [2.05, 4.69) is 30.2 Å². The second-order valence-electron chi connectivity index (χ2n) is 5.56. The van der Waals surface area contributed by atoms with Crippen molar-refractivity contribution in [2.75, 3.05) is 36.0 Å². The number of fused-ring (bicyclic) bond motifs is 1. The SMILES string of the molecule is FC(F)(F)c1cc(N2CCN(c3ccc4nncn4n3)CC2)ncn1. The van der Waals surface area contributed by atoms with Crippen LogP contribution in [0.3, 0.4) is 0 Å². The van der Waals surface area contributed by atoms with Gasteiger partial charge in [-0.25, -0.2) is 9.97 Å². The first kappa shape index (κ1) is 15.5. The van der Waals surface area contributed by atoms with E-state index < -0.39 is 11.9 Å². The molecule has 0 amide bonds. The molecule has 1 aliphatic rings. The molecule has 3 aromatic heterocycles. The summed E-state index contributed by atoms with van der Waals surface area (Å²) in [6.45, 7) is 2.31. The summed E-state index contributed by atoms with van der Waals surface area (Å²) < 4.78 is 39.9. The second-order valence-corrected chi connectivity index (χ2v) is 5.56. The smallest absolute Gasteiger partial charge is 0.353 e. The molecule has 8 nitrogen and oxygen atoms in total. The quantitative estimate of drug-likeness (QED) is 0.689. The molecule has 0 atom stereocenters. The first-order chi connectivity index (χ1) is 12.0. The van der Waals surface area contributed by atoms with Gasteiger partial charge in [-0.3, -0.25) is 0 Å². The van der Waals surface area contributed by atoms with Crippen LogP contribution in [-0.2, 0) is 6.18 Å². The molecule has 0 spiro atoms. The maximum absolute atomic E-state index is 12.8. The summed E-state index contributed by atoms with van der Waals surface area (Å²) in [4.78, 5) is 11.1. The first-order valence-electron chi connectivity index (χ1n) is 7.57. The van der Waals surface area contributed by atoms with Crippen molar-refractivity contribution in [1.82, 2.24) is 29.8 Å². The van der Waals surface area contributed by atoms with Crippen molar-refractivity contribution in [2.24, 2.45) is 0 Å². The minimum atomic E-state index is -4.47. The monoisotopic (exact) mass is 350 g/mol. The number of nitrogens with zero attached hydrogens (tertiary/aromatic N) is 8. The molecule has 0 unspecified atom stereocenters. The van der Waals surface area contributed by atoms with Crippen molar-refractivity contribution in [3.8, 4) is 0 Å². The van der Waals surface area contributed by atoms with Gasteiger partial charge in [0.25, 0.3) is 0 Å². The Morgan fingerprint density at radius 1 is 0.920 bits per heavy atom. The molecule has 130 valence electrons. The van der Waals surface area contributed by atoms with E-state index in [1.54, 1.807) is 4.52 Å². The molecule has 0 radical (unpaired) electrons. The van der Waals surface area contributed by atoms with E-state index in [1.165, 1.54) is 6.33 Å². The van der Waals surface area contributed by atoms with Gasteiger partial charge in [0.2, 0.25) is 0 Å². The average Bonchev–Trinajstić information content (AvgIpc) is 3.09. The molecular formula is C14H13F3N8. The Bertz CT molecular complexity index is 885. The average molecular weight is 350 g/mol. The van der Waals surface area contributed by atoms with E-state index in [1.807, 2.05) is 17.0 Å². The van der Waals surface area contributed by atoms with E-state index in [-0.39, 0.29) is 5.82 Å². The minimum Gasteiger partial charge on any atom is -0.353 e. The summed E-state index contributed by atoms with van der Waals surface area (Å²) in [7, 11) is 0. The summed E-state index contributed by atoms with van der Waals surface area (Å²) >= 11 is 0. The largest absolute Gasteiger partial charge is 0.433 e. The van der Waals surface area contributed by atoms with Gasteiger partial charge in [-0.2, -0.15) is 17.7 Å². The summed E-state index contributed by atoms with van der Waals surface area (Å²) in [5, 5.41) is 12.1. The molecule has 3 aromatic rings. The van der Waals surface area contributed by atoms with Crippen molar-refractivity contribution in [3.63, 3.8) is 0 Å². The van der Waals surface area contributed by atoms with Crippen LogP contribution in [0.5, 0.6) is 0 Å². The molecule has 0 N–H and O–H groups in total. The summed E-state index contributed by atoms with van der Waals surface area (Å²) in [6.07, 6.45) is -2.00. The Kier molecular flexibility index (Phi) is 3.62. The van der Waals surface area contributed by atoms with Gasteiger partial charge in [0, 0.05) is 32.2 Å². The van der Waals surface area contributed by atoms with Gasteiger partial charge in [0.1, 0.15) is 30.0 Å². The molecular weight excluding hydrogens is 337 g/mol. The number of aromatic nitrogens is 6. The van der Waals surface area contributed by atoms with Gasteiger partial charge in [-0.15, -0.1) is 15.3 Å². The molecule has 11 heteroatoms. The standard InChI is InChI=1S/C14H13F3N8/c15-14(16,17)10-7-13(19-8-18-10)24-5-3-23(4-6-24)12-2-1-11-21-20-9-25(11)22-12/h1-2,7-9H,3-6H2. The number of alkyl halides is 3. The lowest BCUT2D eigenvalue weighted by Crippen LogP contribution is -2.47. The normalized spacial score (nSPS) is 15.8. The lowest BCUT2D eigenvalue weighted by atomic mass is 10.3. The Morgan fingerprint density at radius 2 is 1.64 bits per heavy atom. The third-order valence-corrected chi connectivity index (χ3v) is 4.02. The highest BCUT2D eigenvalue weighted by atomic mass is 19.4. The van der Waals surface area contributed by atoms with Crippen molar-refractivity contribution >= 4 is 17.3 Å². The lowest BCUT2D eigenvalue weighted by molar-refractivity contribution is -0.141. The molecule has 0 aliphatic carbocycles. The highest BCUT2D eigenvalue weighted by molar-refractivity contribution is 5.48. The van der Waals surface area contributed by atoms with Crippen LogP contribution in [0, 0.1) is 0 Å². The zero-order valence-corrected chi connectivity index (χ0v) is 12.9. The van der Waals surface area contributed by atoms with E-state index >= 15 is 0 Å². The van der Waals surface area contributed by atoms with Gasteiger partial charge in [-0.1, -0.05) is 0 Å². The fraction of sp³-hybridized carbons (Fsp3) is 0.357. The fourth-order valence-electron chi connectivity index (χ4n) is 2.73. The van der Waals surface area contributed by atoms with Crippen LogP contribution in [0.2, 0.25) is 0 Å². The number of halogens is 3. The molecule has 0 saturated carbocycles. The molecule has 4 heterocycles. The third kappa shape index (κ3) is 3.04. The first-order valence-corrected chi connectivity index (χ1v) is 7.57. The lowest BCUT2D eigenvalue weighted by Gasteiger charge is -2.35. The van der Waals surface area contributed by atoms with Gasteiger partial charge in [-0.05, 0) is 12.1 Å². The molecule has 25 heavy (non-hydrogen) atoms. The van der Waals surface area contributed by atoms with Crippen LogP contribution >= 0.6 is 0 Å². The summed E-state index contributed by atoms with van der Waals surface area (Å²) in [6, 6.07) is 4.66. The Hall–Kier alpha value is -2.98. The van der Waals surface area contributed by atoms with Gasteiger partial charge >= 0.3 is 6.18 Å². The zero-order chi connectivity index (χ0) is 17.4. The van der Waals surface area contributed by atoms with Gasteiger partial charge in [0.05, 0.1) is 0 Å². The predicted molar refractivity (Wildman–Crippen MR) is 82.2 cm³/mol. The maximum atomic E-state index is 12.8. The van der Waals surface area contributed by atoms with E-state index in [4.69, 9.17) is 0 Å².